The number of Topliss-reactive ketones (excluding diaryl/α,β-unsaturated/α-hetero) is 1. The standard InChI is InChI=1S/C26H32N8O3/c1-17(2)9-13-33-22-23(30-25(33)32-12-5-7-19(28)15-32)31(3)26(37)34(24(22)36)16-21(35)18-6-4-8-20(14-18)29-11-10-27/h4,6,8-9,14,19,29H,5,7,11-13,15-16,28H2,1-3H3. The summed E-state index contributed by atoms with van der Waals surface area (Å²) in [6.07, 6.45) is 3.83. The fraction of sp³-hybridized carbons (Fsp3) is 0.423. The summed E-state index contributed by atoms with van der Waals surface area (Å²) in [6, 6.07) is 8.62. The average Bonchev–Trinajstić information content (AvgIpc) is 3.27. The molecule has 11 nitrogen and oxygen atoms in total. The highest BCUT2D eigenvalue weighted by Gasteiger charge is 2.26. The highest BCUT2D eigenvalue weighted by Crippen LogP contribution is 2.23. The molecular formula is C26H32N8O3. The second kappa shape index (κ2) is 10.8. The molecule has 1 fully saturated rings. The first-order valence-electron chi connectivity index (χ1n) is 12.3. The Morgan fingerprint density at radius 3 is 2.78 bits per heavy atom. The van der Waals surface area contributed by atoms with E-state index in [-0.39, 0.29) is 23.8 Å². The second-order valence-electron chi connectivity index (χ2n) is 9.57. The maximum absolute atomic E-state index is 13.7. The van der Waals surface area contributed by atoms with Crippen molar-refractivity contribution >= 4 is 28.6 Å². The van der Waals surface area contributed by atoms with Crippen LogP contribution in [0, 0.1) is 11.3 Å². The van der Waals surface area contributed by atoms with Crippen molar-refractivity contribution in [3.05, 3.63) is 62.3 Å². The Bertz CT molecular complexity index is 1520. The van der Waals surface area contributed by atoms with Crippen LogP contribution in [0.1, 0.15) is 37.0 Å². The van der Waals surface area contributed by atoms with Gasteiger partial charge in [0.2, 0.25) is 5.95 Å². The number of carbonyl (C=O) groups is 1. The van der Waals surface area contributed by atoms with Gasteiger partial charge < -0.3 is 20.5 Å². The van der Waals surface area contributed by atoms with Gasteiger partial charge in [-0.1, -0.05) is 23.8 Å². The Kier molecular flexibility index (Phi) is 7.59. The van der Waals surface area contributed by atoms with Gasteiger partial charge in [0.1, 0.15) is 6.54 Å². The molecule has 0 radical (unpaired) electrons. The molecule has 0 amide bonds. The highest BCUT2D eigenvalue weighted by atomic mass is 16.2. The molecular weight excluding hydrogens is 472 g/mol. The largest absolute Gasteiger partial charge is 0.372 e. The highest BCUT2D eigenvalue weighted by molar-refractivity contribution is 5.96. The van der Waals surface area contributed by atoms with E-state index >= 15 is 0 Å². The van der Waals surface area contributed by atoms with Crippen LogP contribution in [0.15, 0.2) is 45.5 Å². The summed E-state index contributed by atoms with van der Waals surface area (Å²) >= 11 is 0. The molecule has 2 aromatic heterocycles. The van der Waals surface area contributed by atoms with Crippen molar-refractivity contribution < 1.29 is 4.79 Å². The van der Waals surface area contributed by atoms with E-state index in [4.69, 9.17) is 16.0 Å². The number of ketones is 1. The SMILES string of the molecule is CC(C)=CCn1c(N2CCCC(N)C2)nc2c1c(=O)n(CC(=O)c1cccc(NCC#N)c1)c(=O)n2C. The third-order valence-electron chi connectivity index (χ3n) is 6.49. The number of imidazole rings is 1. The number of benzene rings is 1. The second-order valence-corrected chi connectivity index (χ2v) is 9.57. The van der Waals surface area contributed by atoms with Crippen LogP contribution in [0.4, 0.5) is 11.6 Å². The molecule has 37 heavy (non-hydrogen) atoms. The monoisotopic (exact) mass is 504 g/mol. The Morgan fingerprint density at radius 1 is 1.30 bits per heavy atom. The molecule has 0 aliphatic carbocycles. The molecule has 11 heteroatoms. The number of rotatable bonds is 8. The minimum Gasteiger partial charge on any atom is -0.372 e. The lowest BCUT2D eigenvalue weighted by Crippen LogP contribution is -2.44. The maximum atomic E-state index is 13.7. The van der Waals surface area contributed by atoms with Crippen molar-refractivity contribution in [3.63, 3.8) is 0 Å². The summed E-state index contributed by atoms with van der Waals surface area (Å²) in [7, 11) is 1.56. The third-order valence-corrected chi connectivity index (χ3v) is 6.49. The van der Waals surface area contributed by atoms with Crippen LogP contribution in [0.5, 0.6) is 0 Å². The number of carbonyl (C=O) groups excluding carboxylic acids is 1. The van der Waals surface area contributed by atoms with Gasteiger partial charge in [0.25, 0.3) is 5.56 Å². The number of hydrogen-bond acceptors (Lipinski definition) is 8. The van der Waals surface area contributed by atoms with Crippen molar-refractivity contribution in [2.24, 2.45) is 12.8 Å². The Morgan fingerprint density at radius 2 is 2.08 bits per heavy atom. The van der Waals surface area contributed by atoms with E-state index in [9.17, 15) is 14.4 Å². The number of nitrogens with one attached hydrogen (secondary N) is 1. The third kappa shape index (κ3) is 5.34. The first-order valence-corrected chi connectivity index (χ1v) is 12.3. The zero-order valence-electron chi connectivity index (χ0n) is 21.4. The van der Waals surface area contributed by atoms with Crippen LogP contribution in [-0.2, 0) is 20.1 Å². The van der Waals surface area contributed by atoms with Gasteiger partial charge in [-0.3, -0.25) is 18.7 Å². The lowest BCUT2D eigenvalue weighted by Gasteiger charge is -2.31. The molecule has 1 aromatic carbocycles. The van der Waals surface area contributed by atoms with Gasteiger partial charge in [0, 0.05) is 44.0 Å². The number of piperidine rings is 1. The number of hydrogen-bond donors (Lipinski definition) is 2. The van der Waals surface area contributed by atoms with Gasteiger partial charge >= 0.3 is 5.69 Å². The molecule has 1 saturated heterocycles. The minimum atomic E-state index is -0.613. The molecule has 0 bridgehead atoms. The number of nitriles is 1. The van der Waals surface area contributed by atoms with Gasteiger partial charge in [-0.25, -0.2) is 4.79 Å². The zero-order valence-corrected chi connectivity index (χ0v) is 21.4. The van der Waals surface area contributed by atoms with E-state index in [1.54, 1.807) is 31.3 Å². The lowest BCUT2D eigenvalue weighted by molar-refractivity contribution is 0.0969. The Labute approximate surface area is 214 Å². The molecule has 0 spiro atoms. The average molecular weight is 505 g/mol. The van der Waals surface area contributed by atoms with E-state index in [0.717, 1.165) is 29.5 Å². The zero-order chi connectivity index (χ0) is 26.7. The topological polar surface area (TPSA) is 144 Å². The van der Waals surface area contributed by atoms with Crippen LogP contribution in [0.3, 0.4) is 0 Å². The molecule has 1 atom stereocenters. The number of nitrogens with two attached hydrogens (primary N) is 1. The summed E-state index contributed by atoms with van der Waals surface area (Å²) in [4.78, 5) is 46.9. The molecule has 3 N–H and O–H groups in total. The van der Waals surface area contributed by atoms with Gasteiger partial charge in [0.05, 0.1) is 12.6 Å². The van der Waals surface area contributed by atoms with Crippen molar-refractivity contribution in [2.75, 3.05) is 29.9 Å². The van der Waals surface area contributed by atoms with Crippen LogP contribution < -0.4 is 27.2 Å². The number of aryl methyl sites for hydroxylation is 1. The number of nitrogens with zero attached hydrogens (tertiary/aromatic N) is 6. The predicted molar refractivity (Wildman–Crippen MR) is 143 cm³/mol. The summed E-state index contributed by atoms with van der Waals surface area (Å²) in [5.74, 6) is 0.201. The summed E-state index contributed by atoms with van der Waals surface area (Å²) < 4.78 is 4.10. The summed E-state index contributed by atoms with van der Waals surface area (Å²) in [5.41, 5.74) is 7.60. The van der Waals surface area contributed by atoms with Crippen LogP contribution >= 0.6 is 0 Å². The number of allylic oxidation sites excluding steroid dienone is 2. The van der Waals surface area contributed by atoms with E-state index < -0.39 is 23.6 Å². The fourth-order valence-corrected chi connectivity index (χ4v) is 4.56. The van der Waals surface area contributed by atoms with Gasteiger partial charge in [-0.05, 0) is 38.8 Å². The number of aromatic nitrogens is 4. The van der Waals surface area contributed by atoms with Gasteiger partial charge in [-0.2, -0.15) is 10.2 Å². The van der Waals surface area contributed by atoms with E-state index in [0.29, 0.717) is 30.3 Å². The fourth-order valence-electron chi connectivity index (χ4n) is 4.56. The van der Waals surface area contributed by atoms with Gasteiger partial charge in [-0.15, -0.1) is 0 Å². The molecule has 4 rings (SSSR count). The van der Waals surface area contributed by atoms with Crippen molar-refractivity contribution in [3.8, 4) is 6.07 Å². The molecule has 1 aliphatic rings. The Hall–Kier alpha value is -4.17. The normalized spacial score (nSPS) is 15.4. The molecule has 194 valence electrons. The van der Waals surface area contributed by atoms with Gasteiger partial charge in [0.15, 0.2) is 16.9 Å². The number of anilines is 2. The van der Waals surface area contributed by atoms with E-state index in [2.05, 4.69) is 10.2 Å². The molecule has 3 aromatic rings. The molecule has 0 saturated carbocycles. The Balaban J connectivity index is 1.81. The quantitative estimate of drug-likeness (QED) is 0.267. The van der Waals surface area contributed by atoms with E-state index in [1.165, 1.54) is 4.57 Å². The van der Waals surface area contributed by atoms with Crippen LogP contribution in [0.2, 0.25) is 0 Å². The predicted octanol–water partition coefficient (Wildman–Crippen LogP) is 1.61. The lowest BCUT2D eigenvalue weighted by atomic mass is 10.1. The van der Waals surface area contributed by atoms with Crippen molar-refractivity contribution in [1.29, 1.82) is 5.26 Å². The summed E-state index contributed by atoms with van der Waals surface area (Å²) in [6.45, 7) is 5.38. The first-order chi connectivity index (χ1) is 17.7. The smallest absolute Gasteiger partial charge is 0.332 e. The number of fused-ring (bicyclic) bond motifs is 1. The first kappa shape index (κ1) is 25.9. The van der Waals surface area contributed by atoms with Crippen LogP contribution in [0.25, 0.3) is 11.2 Å². The van der Waals surface area contributed by atoms with Crippen molar-refractivity contribution in [1.82, 2.24) is 18.7 Å². The summed E-state index contributed by atoms with van der Waals surface area (Å²) in [5, 5.41) is 11.7. The maximum Gasteiger partial charge on any atom is 0.332 e. The molecule has 1 aliphatic heterocycles. The molecule has 3 heterocycles. The van der Waals surface area contributed by atoms with Crippen molar-refractivity contribution in [2.45, 2.75) is 45.8 Å². The minimum absolute atomic E-state index is 0.00183. The van der Waals surface area contributed by atoms with E-state index in [1.807, 2.05) is 30.6 Å². The van der Waals surface area contributed by atoms with Crippen LogP contribution in [-0.4, -0.2) is 50.1 Å². The molecule has 1 unspecified atom stereocenters.